The van der Waals surface area contributed by atoms with Gasteiger partial charge in [0.05, 0.1) is 18.7 Å². The fourth-order valence-electron chi connectivity index (χ4n) is 3.11. The Morgan fingerprint density at radius 3 is 2.59 bits per heavy atom. The molecule has 0 radical (unpaired) electrons. The summed E-state index contributed by atoms with van der Waals surface area (Å²) in [6.45, 7) is 1.00. The number of nitrogens with zero attached hydrogens (tertiary/aromatic N) is 4. The number of nitrogens with one attached hydrogen (secondary N) is 1. The average molecular weight is 367 g/mol. The Kier molecular flexibility index (Phi) is 4.55. The third kappa shape index (κ3) is 3.26. The number of methoxy groups -OCH3 is 1. The van der Waals surface area contributed by atoms with Gasteiger partial charge in [0.15, 0.2) is 5.82 Å². The number of carbonyl (C=O) groups excluding carboxylic acids is 1. The summed E-state index contributed by atoms with van der Waals surface area (Å²) in [5.41, 5.74) is 6.40. The van der Waals surface area contributed by atoms with E-state index in [9.17, 15) is 9.18 Å². The normalized spacial score (nSPS) is 13.2. The SMILES string of the molecule is COCC(=O)N1CCn2nc(-c3ccc(F)cc3)c(-c3ccncc3)c2N1. The topological polar surface area (TPSA) is 72.3 Å². The van der Waals surface area contributed by atoms with Crippen LogP contribution in [0, 0.1) is 5.82 Å². The highest BCUT2D eigenvalue weighted by Crippen LogP contribution is 2.38. The van der Waals surface area contributed by atoms with Crippen LogP contribution < -0.4 is 5.43 Å². The Morgan fingerprint density at radius 2 is 1.89 bits per heavy atom. The van der Waals surface area contributed by atoms with Crippen molar-refractivity contribution < 1.29 is 13.9 Å². The second-order valence-corrected chi connectivity index (χ2v) is 6.13. The van der Waals surface area contributed by atoms with Gasteiger partial charge in [-0.1, -0.05) is 0 Å². The van der Waals surface area contributed by atoms with Gasteiger partial charge < -0.3 is 4.74 Å². The summed E-state index contributed by atoms with van der Waals surface area (Å²) in [5.74, 6) is 0.243. The zero-order chi connectivity index (χ0) is 18.8. The molecule has 1 aliphatic rings. The largest absolute Gasteiger partial charge is 0.375 e. The van der Waals surface area contributed by atoms with Crippen molar-refractivity contribution in [3.8, 4) is 22.4 Å². The quantitative estimate of drug-likeness (QED) is 0.767. The number of amides is 1. The van der Waals surface area contributed by atoms with Gasteiger partial charge >= 0.3 is 0 Å². The molecule has 2 aromatic heterocycles. The van der Waals surface area contributed by atoms with Gasteiger partial charge in [-0.2, -0.15) is 5.10 Å². The molecule has 1 aromatic carbocycles. The van der Waals surface area contributed by atoms with Crippen molar-refractivity contribution in [2.75, 3.05) is 25.7 Å². The van der Waals surface area contributed by atoms with Crippen LogP contribution in [0.5, 0.6) is 0 Å². The molecule has 3 aromatic rings. The third-order valence-electron chi connectivity index (χ3n) is 4.38. The number of hydrogen-bond acceptors (Lipinski definition) is 5. The maximum absolute atomic E-state index is 13.4. The van der Waals surface area contributed by atoms with Crippen LogP contribution in [0.3, 0.4) is 0 Å². The first-order valence-corrected chi connectivity index (χ1v) is 8.50. The first kappa shape index (κ1) is 17.2. The Morgan fingerprint density at radius 1 is 1.15 bits per heavy atom. The Labute approximate surface area is 155 Å². The van der Waals surface area contributed by atoms with Crippen LogP contribution in [0.15, 0.2) is 48.8 Å². The fraction of sp³-hybridized carbons (Fsp3) is 0.211. The number of pyridine rings is 1. The number of ether oxygens (including phenoxy) is 1. The minimum absolute atomic E-state index is 0.00343. The molecule has 0 atom stereocenters. The lowest BCUT2D eigenvalue weighted by atomic mass is 10.0. The average Bonchev–Trinajstić information content (AvgIpc) is 3.08. The summed E-state index contributed by atoms with van der Waals surface area (Å²) in [5, 5.41) is 6.24. The third-order valence-corrected chi connectivity index (χ3v) is 4.38. The van der Waals surface area contributed by atoms with Gasteiger partial charge in [-0.3, -0.25) is 20.2 Å². The van der Waals surface area contributed by atoms with Crippen LogP contribution in [0.4, 0.5) is 10.2 Å². The van der Waals surface area contributed by atoms with Gasteiger partial charge in [0.1, 0.15) is 18.1 Å². The number of aromatic nitrogens is 3. The summed E-state index contributed by atoms with van der Waals surface area (Å²) in [6, 6.07) is 9.97. The monoisotopic (exact) mass is 367 g/mol. The highest BCUT2D eigenvalue weighted by molar-refractivity contribution is 5.90. The maximum Gasteiger partial charge on any atom is 0.266 e. The van der Waals surface area contributed by atoms with E-state index in [1.54, 1.807) is 24.5 Å². The van der Waals surface area contributed by atoms with E-state index in [-0.39, 0.29) is 18.3 Å². The number of anilines is 1. The molecule has 0 fully saturated rings. The van der Waals surface area contributed by atoms with Crippen molar-refractivity contribution in [3.05, 3.63) is 54.6 Å². The smallest absolute Gasteiger partial charge is 0.266 e. The van der Waals surface area contributed by atoms with Crippen molar-refractivity contribution >= 4 is 11.7 Å². The zero-order valence-corrected chi connectivity index (χ0v) is 14.7. The summed E-state index contributed by atoms with van der Waals surface area (Å²) in [7, 11) is 1.49. The van der Waals surface area contributed by atoms with E-state index in [1.165, 1.54) is 24.3 Å². The molecule has 27 heavy (non-hydrogen) atoms. The molecule has 0 aliphatic carbocycles. The molecule has 8 heteroatoms. The van der Waals surface area contributed by atoms with Crippen LogP contribution in [0.2, 0.25) is 0 Å². The summed E-state index contributed by atoms with van der Waals surface area (Å²) in [6.07, 6.45) is 3.40. The van der Waals surface area contributed by atoms with Crippen molar-refractivity contribution in [2.45, 2.75) is 6.54 Å². The molecule has 1 N–H and O–H groups in total. The number of carbonyl (C=O) groups is 1. The highest BCUT2D eigenvalue weighted by atomic mass is 19.1. The number of halogens is 1. The Hall–Kier alpha value is -3.26. The molecule has 0 bridgehead atoms. The van der Waals surface area contributed by atoms with Gasteiger partial charge in [0.25, 0.3) is 5.91 Å². The molecule has 1 aliphatic heterocycles. The molecular weight excluding hydrogens is 349 g/mol. The first-order chi connectivity index (χ1) is 13.2. The minimum Gasteiger partial charge on any atom is -0.375 e. The zero-order valence-electron chi connectivity index (χ0n) is 14.7. The van der Waals surface area contributed by atoms with Crippen molar-refractivity contribution in [1.82, 2.24) is 19.8 Å². The van der Waals surface area contributed by atoms with E-state index < -0.39 is 0 Å². The minimum atomic E-state index is -0.303. The van der Waals surface area contributed by atoms with Crippen molar-refractivity contribution in [3.63, 3.8) is 0 Å². The van der Waals surface area contributed by atoms with Crippen LogP contribution in [0.1, 0.15) is 0 Å². The number of hydrazine groups is 1. The first-order valence-electron chi connectivity index (χ1n) is 8.50. The predicted octanol–water partition coefficient (Wildman–Crippen LogP) is 2.57. The predicted molar refractivity (Wildman–Crippen MR) is 98.1 cm³/mol. The van der Waals surface area contributed by atoms with Crippen LogP contribution >= 0.6 is 0 Å². The standard InChI is InChI=1S/C19H18FN5O2/c1-27-12-16(26)24-10-11-25-19(23-24)17(13-6-8-21-9-7-13)18(22-25)14-2-4-15(20)5-3-14/h2-9,23H,10-12H2,1H3. The summed E-state index contributed by atoms with van der Waals surface area (Å²) < 4.78 is 20.1. The van der Waals surface area contributed by atoms with E-state index >= 15 is 0 Å². The summed E-state index contributed by atoms with van der Waals surface area (Å²) in [4.78, 5) is 16.3. The van der Waals surface area contributed by atoms with Gasteiger partial charge in [0, 0.05) is 25.1 Å². The molecule has 0 saturated carbocycles. The lowest BCUT2D eigenvalue weighted by Crippen LogP contribution is -2.44. The Bertz CT molecular complexity index is 956. The molecule has 3 heterocycles. The number of rotatable bonds is 4. The summed E-state index contributed by atoms with van der Waals surface area (Å²) >= 11 is 0. The van der Waals surface area contributed by atoms with Crippen LogP contribution in [-0.2, 0) is 16.1 Å². The number of hydrogen-bond donors (Lipinski definition) is 1. The lowest BCUT2D eigenvalue weighted by molar-refractivity contribution is -0.134. The van der Waals surface area contributed by atoms with Gasteiger partial charge in [0.2, 0.25) is 0 Å². The Balaban J connectivity index is 1.82. The second-order valence-electron chi connectivity index (χ2n) is 6.13. The molecule has 138 valence electrons. The molecule has 7 nitrogen and oxygen atoms in total. The van der Waals surface area contributed by atoms with E-state index in [1.807, 2.05) is 16.8 Å². The van der Waals surface area contributed by atoms with E-state index in [2.05, 4.69) is 10.4 Å². The van der Waals surface area contributed by atoms with Gasteiger partial charge in [-0.25, -0.2) is 9.07 Å². The molecule has 4 rings (SSSR count). The highest BCUT2D eigenvalue weighted by Gasteiger charge is 2.27. The molecule has 0 unspecified atom stereocenters. The van der Waals surface area contributed by atoms with E-state index in [0.29, 0.717) is 24.6 Å². The van der Waals surface area contributed by atoms with E-state index in [4.69, 9.17) is 9.84 Å². The van der Waals surface area contributed by atoms with Crippen molar-refractivity contribution in [2.24, 2.45) is 0 Å². The fourth-order valence-corrected chi connectivity index (χ4v) is 3.11. The number of fused-ring (bicyclic) bond motifs is 1. The second kappa shape index (κ2) is 7.16. The maximum atomic E-state index is 13.4. The molecule has 0 spiro atoms. The molecule has 0 saturated heterocycles. The number of benzene rings is 1. The molecular formula is C19H18FN5O2. The lowest BCUT2D eigenvalue weighted by Gasteiger charge is -2.29. The van der Waals surface area contributed by atoms with Crippen LogP contribution in [0.25, 0.3) is 22.4 Å². The van der Waals surface area contributed by atoms with Gasteiger partial charge in [-0.15, -0.1) is 0 Å². The van der Waals surface area contributed by atoms with Gasteiger partial charge in [-0.05, 0) is 42.0 Å². The van der Waals surface area contributed by atoms with E-state index in [0.717, 1.165) is 16.7 Å². The van der Waals surface area contributed by atoms with Crippen LogP contribution in [-0.4, -0.2) is 45.9 Å². The molecule has 1 amide bonds. The van der Waals surface area contributed by atoms with Crippen molar-refractivity contribution in [1.29, 1.82) is 0 Å².